The quantitative estimate of drug-likeness (QED) is 0.864. The third-order valence-corrected chi connectivity index (χ3v) is 4.62. The molecule has 4 nitrogen and oxygen atoms in total. The maximum atomic E-state index is 12.0. The van der Waals surface area contributed by atoms with Crippen molar-refractivity contribution in [1.82, 2.24) is 10.2 Å². The summed E-state index contributed by atoms with van der Waals surface area (Å²) in [5.41, 5.74) is -0.393. The first-order valence-electron chi connectivity index (χ1n) is 8.55. The molecule has 4 heteroatoms. The predicted octanol–water partition coefficient (Wildman–Crippen LogP) is 3.41. The molecule has 3 unspecified atom stereocenters. The van der Waals surface area contributed by atoms with Crippen LogP contribution in [0, 0.1) is 11.8 Å². The molecule has 0 aromatic heterocycles. The molecular formula is C17H32N2O2. The van der Waals surface area contributed by atoms with Crippen LogP contribution in [-0.2, 0) is 4.74 Å². The van der Waals surface area contributed by atoms with E-state index in [1.807, 2.05) is 25.7 Å². The lowest BCUT2D eigenvalue weighted by atomic mass is 10.0. The summed E-state index contributed by atoms with van der Waals surface area (Å²) in [5, 5.41) is 3.69. The first-order chi connectivity index (χ1) is 9.83. The van der Waals surface area contributed by atoms with Gasteiger partial charge < -0.3 is 15.0 Å². The van der Waals surface area contributed by atoms with E-state index in [1.54, 1.807) is 0 Å². The highest BCUT2D eigenvalue weighted by Crippen LogP contribution is 2.25. The molecule has 1 heterocycles. The Kier molecular flexibility index (Phi) is 5.53. The van der Waals surface area contributed by atoms with Crippen LogP contribution in [0.25, 0.3) is 0 Å². The van der Waals surface area contributed by atoms with Crippen LogP contribution in [0.4, 0.5) is 4.79 Å². The SMILES string of the molecule is CC1CCC(NCCC2CCN(C(=O)OC(C)(C)C)C2)C1. The summed E-state index contributed by atoms with van der Waals surface area (Å²) >= 11 is 0. The Morgan fingerprint density at radius 3 is 2.67 bits per heavy atom. The molecule has 3 atom stereocenters. The zero-order chi connectivity index (χ0) is 15.5. The van der Waals surface area contributed by atoms with Gasteiger partial charge in [0.1, 0.15) is 5.60 Å². The third-order valence-electron chi connectivity index (χ3n) is 4.62. The van der Waals surface area contributed by atoms with E-state index in [4.69, 9.17) is 4.74 Å². The van der Waals surface area contributed by atoms with Gasteiger partial charge in [0, 0.05) is 19.1 Å². The number of carbonyl (C=O) groups is 1. The van der Waals surface area contributed by atoms with E-state index < -0.39 is 5.60 Å². The predicted molar refractivity (Wildman–Crippen MR) is 85.3 cm³/mol. The highest BCUT2D eigenvalue weighted by Gasteiger charge is 2.29. The van der Waals surface area contributed by atoms with Gasteiger partial charge in [0.25, 0.3) is 0 Å². The number of rotatable bonds is 4. The molecule has 0 bridgehead atoms. The van der Waals surface area contributed by atoms with E-state index in [0.29, 0.717) is 5.92 Å². The lowest BCUT2D eigenvalue weighted by Gasteiger charge is -2.24. The van der Waals surface area contributed by atoms with Crippen LogP contribution in [0.2, 0.25) is 0 Å². The zero-order valence-corrected chi connectivity index (χ0v) is 14.2. The summed E-state index contributed by atoms with van der Waals surface area (Å²) in [6.07, 6.45) is 6.16. The van der Waals surface area contributed by atoms with Crippen LogP contribution < -0.4 is 5.32 Å². The Labute approximate surface area is 129 Å². The van der Waals surface area contributed by atoms with Crippen LogP contribution in [-0.4, -0.2) is 42.3 Å². The van der Waals surface area contributed by atoms with Gasteiger partial charge in [-0.3, -0.25) is 0 Å². The van der Waals surface area contributed by atoms with E-state index in [2.05, 4.69) is 12.2 Å². The van der Waals surface area contributed by atoms with Crippen molar-refractivity contribution in [3.8, 4) is 0 Å². The number of ether oxygens (including phenoxy) is 1. The average Bonchev–Trinajstić information content (AvgIpc) is 2.97. The Morgan fingerprint density at radius 1 is 1.29 bits per heavy atom. The van der Waals surface area contributed by atoms with Crippen molar-refractivity contribution in [2.75, 3.05) is 19.6 Å². The van der Waals surface area contributed by atoms with Crippen molar-refractivity contribution in [3.63, 3.8) is 0 Å². The molecule has 1 N–H and O–H groups in total. The molecule has 1 saturated heterocycles. The van der Waals surface area contributed by atoms with Crippen molar-refractivity contribution in [1.29, 1.82) is 0 Å². The molecule has 2 rings (SSSR count). The van der Waals surface area contributed by atoms with Gasteiger partial charge in [-0.05, 0) is 71.3 Å². The van der Waals surface area contributed by atoms with Crippen molar-refractivity contribution in [2.45, 2.75) is 71.4 Å². The number of nitrogens with zero attached hydrogens (tertiary/aromatic N) is 1. The number of carbonyl (C=O) groups excluding carboxylic acids is 1. The number of hydrogen-bond donors (Lipinski definition) is 1. The topological polar surface area (TPSA) is 41.6 Å². The first kappa shape index (κ1) is 16.6. The molecule has 0 aromatic rings. The molecule has 122 valence electrons. The molecule has 1 aliphatic carbocycles. The lowest BCUT2D eigenvalue weighted by Crippen LogP contribution is -2.35. The van der Waals surface area contributed by atoms with E-state index in [-0.39, 0.29) is 6.09 Å². The minimum Gasteiger partial charge on any atom is -0.444 e. The molecular weight excluding hydrogens is 264 g/mol. The monoisotopic (exact) mass is 296 g/mol. The summed E-state index contributed by atoms with van der Waals surface area (Å²) in [7, 11) is 0. The maximum absolute atomic E-state index is 12.0. The van der Waals surface area contributed by atoms with Gasteiger partial charge in [0.2, 0.25) is 0 Å². The Morgan fingerprint density at radius 2 is 2.05 bits per heavy atom. The van der Waals surface area contributed by atoms with Gasteiger partial charge in [0.05, 0.1) is 0 Å². The number of likely N-dealkylation sites (tertiary alicyclic amines) is 1. The Bertz CT molecular complexity index is 351. The fraction of sp³-hybridized carbons (Fsp3) is 0.941. The molecule has 21 heavy (non-hydrogen) atoms. The molecule has 1 amide bonds. The summed E-state index contributed by atoms with van der Waals surface area (Å²) < 4.78 is 5.44. The highest BCUT2D eigenvalue weighted by molar-refractivity contribution is 5.68. The third kappa shape index (κ3) is 5.50. The van der Waals surface area contributed by atoms with Crippen LogP contribution in [0.3, 0.4) is 0 Å². The summed E-state index contributed by atoms with van der Waals surface area (Å²) in [4.78, 5) is 13.9. The minimum absolute atomic E-state index is 0.150. The van der Waals surface area contributed by atoms with Crippen LogP contribution in [0.1, 0.15) is 59.8 Å². The molecule has 1 aliphatic heterocycles. The van der Waals surface area contributed by atoms with Gasteiger partial charge in [-0.1, -0.05) is 6.92 Å². The van der Waals surface area contributed by atoms with E-state index >= 15 is 0 Å². The number of amides is 1. The molecule has 0 aromatic carbocycles. The molecule has 2 fully saturated rings. The van der Waals surface area contributed by atoms with Gasteiger partial charge >= 0.3 is 6.09 Å². The number of hydrogen-bond acceptors (Lipinski definition) is 3. The van der Waals surface area contributed by atoms with Crippen molar-refractivity contribution >= 4 is 6.09 Å². The standard InChI is InChI=1S/C17H32N2O2/c1-13-5-6-15(11-13)18-9-7-14-8-10-19(12-14)16(20)21-17(2,3)4/h13-15,18H,5-12H2,1-4H3. The van der Waals surface area contributed by atoms with Crippen LogP contribution >= 0.6 is 0 Å². The summed E-state index contributed by atoms with van der Waals surface area (Å²) in [5.74, 6) is 1.51. The first-order valence-corrected chi connectivity index (χ1v) is 8.55. The van der Waals surface area contributed by atoms with E-state index in [1.165, 1.54) is 25.7 Å². The molecule has 1 saturated carbocycles. The van der Waals surface area contributed by atoms with Gasteiger partial charge in [-0.2, -0.15) is 0 Å². The molecule has 0 radical (unpaired) electrons. The van der Waals surface area contributed by atoms with Gasteiger partial charge in [-0.25, -0.2) is 4.79 Å². The largest absolute Gasteiger partial charge is 0.444 e. The second-order valence-corrected chi connectivity index (χ2v) is 7.94. The van der Waals surface area contributed by atoms with Crippen LogP contribution in [0.5, 0.6) is 0 Å². The van der Waals surface area contributed by atoms with Gasteiger partial charge in [-0.15, -0.1) is 0 Å². The molecule has 0 spiro atoms. The minimum atomic E-state index is -0.393. The Balaban J connectivity index is 1.62. The summed E-state index contributed by atoms with van der Waals surface area (Å²) in [6, 6.07) is 0.725. The van der Waals surface area contributed by atoms with Crippen molar-refractivity contribution < 1.29 is 9.53 Å². The smallest absolute Gasteiger partial charge is 0.410 e. The Hall–Kier alpha value is -0.770. The average molecular weight is 296 g/mol. The van der Waals surface area contributed by atoms with Gasteiger partial charge in [0.15, 0.2) is 0 Å². The van der Waals surface area contributed by atoms with Crippen molar-refractivity contribution in [3.05, 3.63) is 0 Å². The lowest BCUT2D eigenvalue weighted by molar-refractivity contribution is 0.0287. The van der Waals surface area contributed by atoms with E-state index in [0.717, 1.165) is 38.0 Å². The fourth-order valence-electron chi connectivity index (χ4n) is 3.44. The second-order valence-electron chi connectivity index (χ2n) is 7.94. The zero-order valence-electron chi connectivity index (χ0n) is 14.2. The number of nitrogens with one attached hydrogen (secondary N) is 1. The highest BCUT2D eigenvalue weighted by atomic mass is 16.6. The normalized spacial score (nSPS) is 29.9. The van der Waals surface area contributed by atoms with Crippen molar-refractivity contribution in [2.24, 2.45) is 11.8 Å². The fourth-order valence-corrected chi connectivity index (χ4v) is 3.44. The van der Waals surface area contributed by atoms with E-state index in [9.17, 15) is 4.79 Å². The second kappa shape index (κ2) is 6.99. The summed E-state index contributed by atoms with van der Waals surface area (Å²) in [6.45, 7) is 10.9. The molecule has 2 aliphatic rings. The maximum Gasteiger partial charge on any atom is 0.410 e. The van der Waals surface area contributed by atoms with Crippen LogP contribution in [0.15, 0.2) is 0 Å².